The van der Waals surface area contributed by atoms with Gasteiger partial charge in [-0.2, -0.15) is 0 Å². The van der Waals surface area contributed by atoms with E-state index in [1.807, 2.05) is 31.3 Å². The van der Waals surface area contributed by atoms with Gasteiger partial charge in [-0.05, 0) is 37.1 Å². The van der Waals surface area contributed by atoms with E-state index in [0.29, 0.717) is 11.5 Å². The third-order valence-corrected chi connectivity index (χ3v) is 3.81. The molecule has 23 heavy (non-hydrogen) atoms. The number of hydrogen-bond donors (Lipinski definition) is 0. The van der Waals surface area contributed by atoms with Gasteiger partial charge in [0, 0.05) is 29.9 Å². The van der Waals surface area contributed by atoms with Gasteiger partial charge >= 0.3 is 0 Å². The van der Waals surface area contributed by atoms with Crippen molar-refractivity contribution in [3.63, 3.8) is 0 Å². The Kier molecular flexibility index (Phi) is 4.37. The van der Waals surface area contributed by atoms with Crippen LogP contribution in [-0.2, 0) is 12.8 Å². The van der Waals surface area contributed by atoms with Crippen LogP contribution in [0.4, 0.5) is 0 Å². The summed E-state index contributed by atoms with van der Waals surface area (Å²) in [7, 11) is 3.26. The van der Waals surface area contributed by atoms with Crippen molar-refractivity contribution >= 4 is 10.9 Å². The molecule has 0 N–H and O–H groups in total. The maximum atomic E-state index is 5.50. The molecule has 3 aromatic rings. The Morgan fingerprint density at radius 2 is 1.87 bits per heavy atom. The van der Waals surface area contributed by atoms with Crippen molar-refractivity contribution in [1.29, 1.82) is 0 Å². The van der Waals surface area contributed by atoms with Crippen LogP contribution in [-0.4, -0.2) is 29.2 Å². The number of fused-ring (bicyclic) bond motifs is 1. The maximum Gasteiger partial charge on any atom is 0.187 e. The Bertz CT molecular complexity index is 819. The predicted molar refractivity (Wildman–Crippen MR) is 89.0 cm³/mol. The van der Waals surface area contributed by atoms with E-state index in [9.17, 15) is 0 Å². The standard InChI is InChI=1S/C18H19N3O2/c1-12-14-7-8-15(22-2)18(23-3)17(14)21-16(20-12)9-6-13-5-4-10-19-11-13/h4-5,7-8,10-11H,6,9H2,1-3H3. The first kappa shape index (κ1) is 15.2. The van der Waals surface area contributed by atoms with Crippen molar-refractivity contribution in [2.24, 2.45) is 0 Å². The summed E-state index contributed by atoms with van der Waals surface area (Å²) in [6, 6.07) is 7.85. The summed E-state index contributed by atoms with van der Waals surface area (Å²) in [5.41, 5.74) is 2.91. The molecule has 0 aliphatic heterocycles. The van der Waals surface area contributed by atoms with Crippen molar-refractivity contribution in [2.45, 2.75) is 19.8 Å². The summed E-state index contributed by atoms with van der Waals surface area (Å²) in [5.74, 6) is 2.12. The van der Waals surface area contributed by atoms with Crippen LogP contribution in [0, 0.1) is 6.92 Å². The van der Waals surface area contributed by atoms with Crippen molar-refractivity contribution in [3.8, 4) is 11.5 Å². The number of nitrogens with zero attached hydrogens (tertiary/aromatic N) is 3. The van der Waals surface area contributed by atoms with Crippen molar-refractivity contribution in [3.05, 3.63) is 53.7 Å². The largest absolute Gasteiger partial charge is 0.493 e. The van der Waals surface area contributed by atoms with Crippen LogP contribution < -0.4 is 9.47 Å². The van der Waals surface area contributed by atoms with Gasteiger partial charge in [-0.25, -0.2) is 9.97 Å². The molecule has 0 fully saturated rings. The van der Waals surface area contributed by atoms with Gasteiger partial charge in [-0.3, -0.25) is 4.98 Å². The van der Waals surface area contributed by atoms with E-state index in [2.05, 4.69) is 16.0 Å². The van der Waals surface area contributed by atoms with Gasteiger partial charge < -0.3 is 9.47 Å². The molecule has 0 unspecified atom stereocenters. The third kappa shape index (κ3) is 3.08. The van der Waals surface area contributed by atoms with Gasteiger partial charge in [0.2, 0.25) is 0 Å². The number of aromatic nitrogens is 3. The Morgan fingerprint density at radius 3 is 2.57 bits per heavy atom. The molecule has 0 saturated heterocycles. The molecule has 0 bridgehead atoms. The highest BCUT2D eigenvalue weighted by Crippen LogP contribution is 2.34. The molecule has 0 amide bonds. The van der Waals surface area contributed by atoms with E-state index in [1.54, 1.807) is 20.4 Å². The lowest BCUT2D eigenvalue weighted by atomic mass is 10.1. The van der Waals surface area contributed by atoms with E-state index >= 15 is 0 Å². The molecule has 0 atom stereocenters. The van der Waals surface area contributed by atoms with Gasteiger partial charge in [0.1, 0.15) is 11.3 Å². The fourth-order valence-electron chi connectivity index (χ4n) is 2.64. The average molecular weight is 309 g/mol. The molecule has 3 rings (SSSR count). The molecule has 5 heteroatoms. The first-order valence-electron chi connectivity index (χ1n) is 7.50. The van der Waals surface area contributed by atoms with E-state index in [0.717, 1.165) is 35.3 Å². The zero-order valence-electron chi connectivity index (χ0n) is 13.5. The van der Waals surface area contributed by atoms with Gasteiger partial charge in [0.15, 0.2) is 11.5 Å². The highest BCUT2D eigenvalue weighted by atomic mass is 16.5. The minimum atomic E-state index is 0.651. The second-order valence-electron chi connectivity index (χ2n) is 5.28. The topological polar surface area (TPSA) is 57.1 Å². The van der Waals surface area contributed by atoms with E-state index in [4.69, 9.17) is 14.5 Å². The minimum Gasteiger partial charge on any atom is -0.493 e. The summed E-state index contributed by atoms with van der Waals surface area (Å²) in [6.07, 6.45) is 5.25. The molecule has 0 aliphatic rings. The smallest absolute Gasteiger partial charge is 0.187 e. The highest BCUT2D eigenvalue weighted by Gasteiger charge is 2.14. The zero-order chi connectivity index (χ0) is 16.2. The Labute approximate surface area is 135 Å². The highest BCUT2D eigenvalue weighted by molar-refractivity contribution is 5.88. The fraction of sp³-hybridized carbons (Fsp3) is 0.278. The average Bonchev–Trinajstić information content (AvgIpc) is 2.59. The lowest BCUT2D eigenvalue weighted by Gasteiger charge is -2.12. The van der Waals surface area contributed by atoms with Gasteiger partial charge in [0.05, 0.1) is 14.2 Å². The first-order chi connectivity index (χ1) is 11.2. The zero-order valence-corrected chi connectivity index (χ0v) is 13.5. The summed E-state index contributed by atoms with van der Waals surface area (Å²) in [5, 5.41) is 0.979. The minimum absolute atomic E-state index is 0.651. The van der Waals surface area contributed by atoms with E-state index in [1.165, 1.54) is 5.56 Å². The molecule has 0 spiro atoms. The molecule has 0 aliphatic carbocycles. The van der Waals surface area contributed by atoms with Gasteiger partial charge in [0.25, 0.3) is 0 Å². The van der Waals surface area contributed by atoms with Crippen LogP contribution in [0.1, 0.15) is 17.1 Å². The van der Waals surface area contributed by atoms with Crippen LogP contribution in [0.15, 0.2) is 36.7 Å². The second kappa shape index (κ2) is 6.60. The van der Waals surface area contributed by atoms with Gasteiger partial charge in [-0.1, -0.05) is 6.07 Å². The molecule has 0 saturated carbocycles. The number of aryl methyl sites for hydroxylation is 3. The molecule has 2 heterocycles. The Hall–Kier alpha value is -2.69. The number of pyridine rings is 1. The summed E-state index contributed by atoms with van der Waals surface area (Å²) < 4.78 is 10.9. The number of benzene rings is 1. The number of ether oxygens (including phenoxy) is 2. The maximum absolute atomic E-state index is 5.50. The fourth-order valence-corrected chi connectivity index (χ4v) is 2.64. The van der Waals surface area contributed by atoms with Crippen molar-refractivity contribution in [2.75, 3.05) is 14.2 Å². The van der Waals surface area contributed by atoms with Crippen LogP contribution in [0.5, 0.6) is 11.5 Å². The second-order valence-corrected chi connectivity index (χ2v) is 5.28. The molecule has 0 radical (unpaired) electrons. The van der Waals surface area contributed by atoms with Gasteiger partial charge in [-0.15, -0.1) is 0 Å². The summed E-state index contributed by atoms with van der Waals surface area (Å²) in [6.45, 7) is 1.99. The summed E-state index contributed by atoms with van der Waals surface area (Å²) >= 11 is 0. The van der Waals surface area contributed by atoms with Crippen LogP contribution in [0.25, 0.3) is 10.9 Å². The normalized spacial score (nSPS) is 10.7. The Morgan fingerprint density at radius 1 is 1.00 bits per heavy atom. The molecule has 1 aromatic carbocycles. The molecule has 5 nitrogen and oxygen atoms in total. The molecular formula is C18H19N3O2. The monoisotopic (exact) mass is 309 g/mol. The summed E-state index contributed by atoms with van der Waals surface area (Å²) in [4.78, 5) is 13.5. The lowest BCUT2D eigenvalue weighted by Crippen LogP contribution is -2.03. The van der Waals surface area contributed by atoms with E-state index in [-0.39, 0.29) is 0 Å². The lowest BCUT2D eigenvalue weighted by molar-refractivity contribution is 0.358. The van der Waals surface area contributed by atoms with Crippen LogP contribution >= 0.6 is 0 Å². The quantitative estimate of drug-likeness (QED) is 0.724. The van der Waals surface area contributed by atoms with Crippen LogP contribution in [0.3, 0.4) is 0 Å². The number of methoxy groups -OCH3 is 2. The SMILES string of the molecule is COc1ccc2c(C)nc(CCc3cccnc3)nc2c1OC. The van der Waals surface area contributed by atoms with E-state index < -0.39 is 0 Å². The molecule has 118 valence electrons. The Balaban J connectivity index is 1.98. The van der Waals surface area contributed by atoms with Crippen LogP contribution in [0.2, 0.25) is 0 Å². The van der Waals surface area contributed by atoms with Crippen molar-refractivity contribution < 1.29 is 9.47 Å². The third-order valence-electron chi connectivity index (χ3n) is 3.81. The molecular weight excluding hydrogens is 290 g/mol. The predicted octanol–water partition coefficient (Wildman–Crippen LogP) is 3.14. The number of rotatable bonds is 5. The van der Waals surface area contributed by atoms with Crippen molar-refractivity contribution in [1.82, 2.24) is 15.0 Å². The number of hydrogen-bond acceptors (Lipinski definition) is 5. The first-order valence-corrected chi connectivity index (χ1v) is 7.50. The molecule has 2 aromatic heterocycles.